The van der Waals surface area contributed by atoms with Crippen molar-refractivity contribution in [2.24, 2.45) is 0 Å². The number of nitrogens with zero attached hydrogens (tertiary/aromatic N) is 1. The van der Waals surface area contributed by atoms with E-state index in [1.54, 1.807) is 61.5 Å². The van der Waals surface area contributed by atoms with Gasteiger partial charge in [0.05, 0.1) is 11.4 Å². The molecule has 0 heterocycles. The Morgan fingerprint density at radius 2 is 1.47 bits per heavy atom. The highest BCUT2D eigenvalue weighted by atomic mass is 19.4. The van der Waals surface area contributed by atoms with Gasteiger partial charge >= 0.3 is 6.36 Å². The maximum Gasteiger partial charge on any atom is 0.544 e. The number of para-hydroxylation sites is 2. The first kappa shape index (κ1) is 13.4. The van der Waals surface area contributed by atoms with Crippen LogP contribution >= 0.6 is 0 Å². The summed E-state index contributed by atoms with van der Waals surface area (Å²) in [7, 11) is 0. The first-order valence-corrected chi connectivity index (χ1v) is 5.64. The molecule has 100 valence electrons. The van der Waals surface area contributed by atoms with Crippen molar-refractivity contribution in [3.8, 4) is 0 Å². The van der Waals surface area contributed by atoms with E-state index in [0.717, 1.165) is 5.06 Å². The molecule has 2 aromatic carbocycles. The van der Waals surface area contributed by atoms with Crippen molar-refractivity contribution in [1.82, 2.24) is 0 Å². The largest absolute Gasteiger partial charge is 0.544 e. The van der Waals surface area contributed by atoms with Crippen LogP contribution in [0.3, 0.4) is 0 Å². The van der Waals surface area contributed by atoms with Crippen LogP contribution in [0.2, 0.25) is 0 Å². The van der Waals surface area contributed by atoms with Gasteiger partial charge in [0.1, 0.15) is 0 Å². The van der Waals surface area contributed by atoms with Crippen LogP contribution < -0.4 is 5.06 Å². The lowest BCUT2D eigenvalue weighted by Crippen LogP contribution is -2.28. The summed E-state index contributed by atoms with van der Waals surface area (Å²) in [5.74, 6) is 0. The van der Waals surface area contributed by atoms with Gasteiger partial charge in [-0.3, -0.25) is 0 Å². The van der Waals surface area contributed by atoms with E-state index in [1.807, 2.05) is 0 Å². The number of halogens is 3. The Kier molecular flexibility index (Phi) is 3.76. The van der Waals surface area contributed by atoms with Crippen LogP contribution in [0.1, 0.15) is 5.56 Å². The van der Waals surface area contributed by atoms with E-state index in [2.05, 4.69) is 4.84 Å². The number of hydrogen-bond acceptors (Lipinski definition) is 2. The molecule has 0 bridgehead atoms. The molecular formula is C14H12F3NO. The van der Waals surface area contributed by atoms with Crippen LogP contribution in [-0.2, 0) is 4.84 Å². The molecule has 0 saturated heterocycles. The van der Waals surface area contributed by atoms with Gasteiger partial charge in [0.2, 0.25) is 0 Å². The lowest BCUT2D eigenvalue weighted by molar-refractivity contribution is -0.325. The van der Waals surface area contributed by atoms with Crippen molar-refractivity contribution < 1.29 is 18.0 Å². The van der Waals surface area contributed by atoms with Crippen molar-refractivity contribution in [3.05, 3.63) is 60.2 Å². The Morgan fingerprint density at radius 3 is 2.05 bits per heavy atom. The smallest absolute Gasteiger partial charge is 0.213 e. The Balaban J connectivity index is 2.44. The van der Waals surface area contributed by atoms with Crippen LogP contribution in [0.25, 0.3) is 0 Å². The molecule has 0 radical (unpaired) electrons. The highest BCUT2D eigenvalue weighted by molar-refractivity contribution is 5.63. The molecule has 0 aliphatic rings. The predicted octanol–water partition coefficient (Wildman–Crippen LogP) is 4.58. The molecule has 0 N–H and O–H groups in total. The SMILES string of the molecule is Cc1ccccc1N(OC(F)(F)F)c1ccccc1. The molecule has 2 rings (SSSR count). The molecule has 0 atom stereocenters. The zero-order valence-electron chi connectivity index (χ0n) is 10.2. The van der Waals surface area contributed by atoms with E-state index in [4.69, 9.17) is 0 Å². The number of benzene rings is 2. The predicted molar refractivity (Wildman–Crippen MR) is 66.9 cm³/mol. The van der Waals surface area contributed by atoms with Gasteiger partial charge < -0.3 is 0 Å². The van der Waals surface area contributed by atoms with Crippen molar-refractivity contribution in [1.29, 1.82) is 0 Å². The lowest BCUT2D eigenvalue weighted by atomic mass is 10.2. The van der Waals surface area contributed by atoms with E-state index >= 15 is 0 Å². The quantitative estimate of drug-likeness (QED) is 0.754. The van der Waals surface area contributed by atoms with Gasteiger partial charge in [-0.05, 0) is 30.7 Å². The average molecular weight is 267 g/mol. The van der Waals surface area contributed by atoms with E-state index in [1.165, 1.54) is 0 Å². The van der Waals surface area contributed by atoms with Gasteiger partial charge in [0, 0.05) is 0 Å². The fourth-order valence-corrected chi connectivity index (χ4v) is 1.70. The second-order valence-electron chi connectivity index (χ2n) is 3.95. The molecule has 0 aromatic heterocycles. The summed E-state index contributed by atoms with van der Waals surface area (Å²) in [4.78, 5) is 4.12. The second-order valence-corrected chi connectivity index (χ2v) is 3.95. The summed E-state index contributed by atoms with van der Waals surface area (Å²) >= 11 is 0. The minimum atomic E-state index is -4.75. The molecular weight excluding hydrogens is 255 g/mol. The first-order valence-electron chi connectivity index (χ1n) is 5.64. The van der Waals surface area contributed by atoms with E-state index in [-0.39, 0.29) is 0 Å². The Labute approximate surface area is 109 Å². The molecule has 0 spiro atoms. The highest BCUT2D eigenvalue weighted by Crippen LogP contribution is 2.32. The third-order valence-electron chi connectivity index (χ3n) is 2.52. The Bertz CT molecular complexity index is 540. The minimum Gasteiger partial charge on any atom is -0.213 e. The number of rotatable bonds is 3. The van der Waals surface area contributed by atoms with Gasteiger partial charge in [-0.25, -0.2) is 5.06 Å². The average Bonchev–Trinajstić information content (AvgIpc) is 2.37. The van der Waals surface area contributed by atoms with Crippen molar-refractivity contribution in [2.75, 3.05) is 5.06 Å². The molecule has 0 saturated carbocycles. The monoisotopic (exact) mass is 267 g/mol. The summed E-state index contributed by atoms with van der Waals surface area (Å²) in [5, 5.41) is 0.787. The van der Waals surface area contributed by atoms with E-state index < -0.39 is 6.36 Å². The normalized spacial score (nSPS) is 11.4. The van der Waals surface area contributed by atoms with Crippen LogP contribution in [0.4, 0.5) is 24.5 Å². The fraction of sp³-hybridized carbons (Fsp3) is 0.143. The second kappa shape index (κ2) is 5.32. The van der Waals surface area contributed by atoms with Crippen LogP contribution in [-0.4, -0.2) is 6.36 Å². The number of alkyl halides is 3. The third-order valence-corrected chi connectivity index (χ3v) is 2.52. The van der Waals surface area contributed by atoms with Gasteiger partial charge in [-0.15, -0.1) is 13.2 Å². The molecule has 0 aliphatic heterocycles. The van der Waals surface area contributed by atoms with Gasteiger partial charge in [-0.2, -0.15) is 4.84 Å². The molecule has 0 unspecified atom stereocenters. The summed E-state index contributed by atoms with van der Waals surface area (Å²) in [5.41, 5.74) is 1.36. The molecule has 0 amide bonds. The molecule has 2 aromatic rings. The zero-order valence-corrected chi connectivity index (χ0v) is 10.2. The maximum atomic E-state index is 12.5. The standard InChI is InChI=1S/C14H12F3NO/c1-11-7-5-6-10-13(11)18(19-14(15,16)17)12-8-3-2-4-9-12/h2-10H,1H3. The lowest BCUT2D eigenvalue weighted by Gasteiger charge is -2.25. The van der Waals surface area contributed by atoms with E-state index in [9.17, 15) is 13.2 Å². The number of aryl methyl sites for hydroxylation is 1. The van der Waals surface area contributed by atoms with Crippen molar-refractivity contribution >= 4 is 11.4 Å². The van der Waals surface area contributed by atoms with Crippen LogP contribution in [0, 0.1) is 6.92 Å². The topological polar surface area (TPSA) is 12.5 Å². The van der Waals surface area contributed by atoms with Crippen LogP contribution in [0.5, 0.6) is 0 Å². The van der Waals surface area contributed by atoms with E-state index in [0.29, 0.717) is 16.9 Å². The first-order chi connectivity index (χ1) is 8.97. The third kappa shape index (κ3) is 3.48. The molecule has 0 fully saturated rings. The zero-order chi connectivity index (χ0) is 13.9. The highest BCUT2D eigenvalue weighted by Gasteiger charge is 2.34. The minimum absolute atomic E-state index is 0.314. The van der Waals surface area contributed by atoms with Crippen molar-refractivity contribution in [2.45, 2.75) is 13.3 Å². The van der Waals surface area contributed by atoms with Gasteiger partial charge in [-0.1, -0.05) is 36.4 Å². The summed E-state index contributed by atoms with van der Waals surface area (Å²) < 4.78 is 37.6. The fourth-order valence-electron chi connectivity index (χ4n) is 1.70. The molecule has 5 heteroatoms. The molecule has 19 heavy (non-hydrogen) atoms. The summed E-state index contributed by atoms with van der Waals surface area (Å²) in [6.07, 6.45) is -4.75. The Hall–Kier alpha value is -2.01. The molecule has 2 nitrogen and oxygen atoms in total. The summed E-state index contributed by atoms with van der Waals surface area (Å²) in [6.45, 7) is 1.73. The maximum absolute atomic E-state index is 12.5. The van der Waals surface area contributed by atoms with Crippen LogP contribution in [0.15, 0.2) is 54.6 Å². The van der Waals surface area contributed by atoms with Gasteiger partial charge in [0.15, 0.2) is 0 Å². The van der Waals surface area contributed by atoms with Gasteiger partial charge in [0.25, 0.3) is 0 Å². The molecule has 0 aliphatic carbocycles. The summed E-state index contributed by atoms with van der Waals surface area (Å²) in [6, 6.07) is 14.9. The number of anilines is 2. The number of hydrogen-bond donors (Lipinski definition) is 0. The Morgan fingerprint density at radius 1 is 0.895 bits per heavy atom. The van der Waals surface area contributed by atoms with Crippen molar-refractivity contribution in [3.63, 3.8) is 0 Å².